The molecule has 0 amide bonds. The number of hydrogen-bond acceptors (Lipinski definition) is 5. The van der Waals surface area contributed by atoms with Gasteiger partial charge in [-0.2, -0.15) is 0 Å². The summed E-state index contributed by atoms with van der Waals surface area (Å²) in [6.45, 7) is 0.366. The number of hydrogen-bond donors (Lipinski definition) is 4. The van der Waals surface area contributed by atoms with Crippen molar-refractivity contribution in [2.75, 3.05) is 13.2 Å². The third-order valence-corrected chi connectivity index (χ3v) is 3.19. The van der Waals surface area contributed by atoms with Crippen molar-refractivity contribution in [1.29, 1.82) is 0 Å². The molecule has 0 radical (unpaired) electrons. The lowest BCUT2D eigenvalue weighted by molar-refractivity contribution is 0.0136. The summed E-state index contributed by atoms with van der Waals surface area (Å²) in [6, 6.07) is 3.44. The van der Waals surface area contributed by atoms with Crippen LogP contribution < -0.4 is 4.74 Å². The lowest BCUT2D eigenvalue weighted by Gasteiger charge is -2.27. The van der Waals surface area contributed by atoms with E-state index in [1.165, 1.54) is 0 Å². The van der Waals surface area contributed by atoms with Gasteiger partial charge in [-0.3, -0.25) is 0 Å². The second-order valence-corrected chi connectivity index (χ2v) is 4.52. The number of aliphatic hydroxyl groups is 3. The first kappa shape index (κ1) is 13.1. The number of fused-ring (bicyclic) bond motifs is 1. The largest absolute Gasteiger partial charge is 0.504 e. The standard InChI is InChI=1S/C13H18O5/c14-4-1-5-18-12-3-2-8-6-10(15)11(16)7-9(8)13(12)17/h2-3,10-11,14-17H,1,4-7H2. The lowest BCUT2D eigenvalue weighted by atomic mass is 9.87. The van der Waals surface area contributed by atoms with Crippen LogP contribution in [0.4, 0.5) is 0 Å². The summed E-state index contributed by atoms with van der Waals surface area (Å²) in [5.74, 6) is 0.377. The van der Waals surface area contributed by atoms with Crippen LogP contribution in [-0.4, -0.2) is 45.8 Å². The van der Waals surface area contributed by atoms with Crippen molar-refractivity contribution in [3.05, 3.63) is 23.3 Å². The van der Waals surface area contributed by atoms with Crippen molar-refractivity contribution in [1.82, 2.24) is 0 Å². The number of phenolic OH excluding ortho intramolecular Hbond substituents is 1. The Balaban J connectivity index is 2.19. The van der Waals surface area contributed by atoms with Gasteiger partial charge >= 0.3 is 0 Å². The zero-order valence-electron chi connectivity index (χ0n) is 10.0. The van der Waals surface area contributed by atoms with E-state index in [9.17, 15) is 15.3 Å². The number of aliphatic hydroxyl groups excluding tert-OH is 3. The minimum absolute atomic E-state index is 0.0244. The van der Waals surface area contributed by atoms with Crippen molar-refractivity contribution in [3.8, 4) is 11.5 Å². The highest BCUT2D eigenvalue weighted by molar-refractivity contribution is 5.51. The van der Waals surface area contributed by atoms with Crippen molar-refractivity contribution >= 4 is 0 Å². The third kappa shape index (κ3) is 2.58. The average Bonchev–Trinajstić information content (AvgIpc) is 2.35. The monoisotopic (exact) mass is 254 g/mol. The highest BCUT2D eigenvalue weighted by Gasteiger charge is 2.28. The fourth-order valence-corrected chi connectivity index (χ4v) is 2.15. The van der Waals surface area contributed by atoms with E-state index < -0.39 is 12.2 Å². The molecule has 0 fully saturated rings. The highest BCUT2D eigenvalue weighted by Crippen LogP contribution is 2.36. The fraction of sp³-hybridized carbons (Fsp3) is 0.538. The summed E-state index contributed by atoms with van der Waals surface area (Å²) in [7, 11) is 0. The minimum atomic E-state index is -0.851. The second kappa shape index (κ2) is 5.56. The zero-order valence-corrected chi connectivity index (χ0v) is 10.0. The second-order valence-electron chi connectivity index (χ2n) is 4.52. The van der Waals surface area contributed by atoms with Gasteiger partial charge in [0.2, 0.25) is 0 Å². The maximum absolute atomic E-state index is 10.1. The number of benzene rings is 1. The summed E-state index contributed by atoms with van der Waals surface area (Å²) >= 11 is 0. The smallest absolute Gasteiger partial charge is 0.161 e. The molecule has 1 aliphatic carbocycles. The van der Waals surface area contributed by atoms with Crippen LogP contribution in [-0.2, 0) is 12.8 Å². The van der Waals surface area contributed by atoms with Gasteiger partial charge in [-0.05, 0) is 11.6 Å². The fourth-order valence-electron chi connectivity index (χ4n) is 2.15. The Bertz CT molecular complexity index is 418. The average molecular weight is 254 g/mol. The molecule has 0 aliphatic heterocycles. The SMILES string of the molecule is OCCCOc1ccc2c(c1O)CC(O)C(O)C2. The molecule has 0 saturated carbocycles. The Labute approximate surface area is 105 Å². The molecule has 0 bridgehead atoms. The van der Waals surface area contributed by atoms with E-state index in [1.807, 2.05) is 0 Å². The maximum atomic E-state index is 10.1. The molecule has 18 heavy (non-hydrogen) atoms. The number of rotatable bonds is 4. The summed E-state index contributed by atoms with van der Waals surface area (Å²) in [4.78, 5) is 0. The molecule has 2 atom stereocenters. The van der Waals surface area contributed by atoms with E-state index in [4.69, 9.17) is 9.84 Å². The molecule has 5 nitrogen and oxygen atoms in total. The van der Waals surface area contributed by atoms with Crippen LogP contribution in [0.5, 0.6) is 11.5 Å². The summed E-state index contributed by atoms with van der Waals surface area (Å²) < 4.78 is 5.35. The van der Waals surface area contributed by atoms with E-state index in [0.717, 1.165) is 5.56 Å². The Morgan fingerprint density at radius 3 is 2.61 bits per heavy atom. The van der Waals surface area contributed by atoms with E-state index in [-0.39, 0.29) is 18.8 Å². The van der Waals surface area contributed by atoms with E-state index in [0.29, 0.717) is 30.8 Å². The number of ether oxygens (including phenoxy) is 1. The molecule has 2 rings (SSSR count). The van der Waals surface area contributed by atoms with Gasteiger partial charge in [-0.1, -0.05) is 6.07 Å². The summed E-state index contributed by atoms with van der Waals surface area (Å²) in [6.07, 6.45) is -0.576. The van der Waals surface area contributed by atoms with Gasteiger partial charge in [0.25, 0.3) is 0 Å². The summed E-state index contributed by atoms with van der Waals surface area (Å²) in [5, 5.41) is 37.9. The molecular weight excluding hydrogens is 236 g/mol. The Morgan fingerprint density at radius 2 is 1.89 bits per heavy atom. The van der Waals surface area contributed by atoms with Gasteiger partial charge in [0.15, 0.2) is 11.5 Å². The van der Waals surface area contributed by atoms with Crippen LogP contribution >= 0.6 is 0 Å². The van der Waals surface area contributed by atoms with Crippen molar-refractivity contribution in [2.24, 2.45) is 0 Å². The van der Waals surface area contributed by atoms with Crippen LogP contribution in [0, 0.1) is 0 Å². The molecule has 0 saturated heterocycles. The van der Waals surface area contributed by atoms with Crippen LogP contribution in [0.2, 0.25) is 0 Å². The van der Waals surface area contributed by atoms with Gasteiger partial charge in [0.1, 0.15) is 0 Å². The Kier molecular flexibility index (Phi) is 4.06. The normalized spacial score (nSPS) is 22.6. The first-order valence-electron chi connectivity index (χ1n) is 6.07. The molecule has 4 N–H and O–H groups in total. The van der Waals surface area contributed by atoms with Gasteiger partial charge in [-0.15, -0.1) is 0 Å². The Morgan fingerprint density at radius 1 is 1.17 bits per heavy atom. The molecule has 0 spiro atoms. The van der Waals surface area contributed by atoms with E-state index in [1.54, 1.807) is 12.1 Å². The van der Waals surface area contributed by atoms with Gasteiger partial charge in [-0.25, -0.2) is 0 Å². The molecule has 2 unspecified atom stereocenters. The Hall–Kier alpha value is -1.30. The van der Waals surface area contributed by atoms with Crippen molar-refractivity contribution in [2.45, 2.75) is 31.5 Å². The molecule has 0 heterocycles. The predicted octanol–water partition coefficient (Wildman–Crippen LogP) is -0.0262. The van der Waals surface area contributed by atoms with Gasteiger partial charge < -0.3 is 25.2 Å². The van der Waals surface area contributed by atoms with Gasteiger partial charge in [0.05, 0.1) is 18.8 Å². The number of aromatic hydroxyl groups is 1. The van der Waals surface area contributed by atoms with Crippen molar-refractivity contribution in [3.63, 3.8) is 0 Å². The first-order chi connectivity index (χ1) is 8.63. The lowest BCUT2D eigenvalue weighted by Crippen LogP contribution is -2.34. The van der Waals surface area contributed by atoms with E-state index in [2.05, 4.69) is 0 Å². The first-order valence-corrected chi connectivity index (χ1v) is 6.07. The topological polar surface area (TPSA) is 90.2 Å². The molecule has 0 aromatic heterocycles. The summed E-state index contributed by atoms with van der Waals surface area (Å²) in [5.41, 5.74) is 1.47. The predicted molar refractivity (Wildman–Crippen MR) is 64.7 cm³/mol. The quantitative estimate of drug-likeness (QED) is 0.567. The molecule has 5 heteroatoms. The van der Waals surface area contributed by atoms with Gasteiger partial charge in [0, 0.05) is 31.4 Å². The van der Waals surface area contributed by atoms with Crippen LogP contribution in [0.1, 0.15) is 17.5 Å². The van der Waals surface area contributed by atoms with Crippen LogP contribution in [0.15, 0.2) is 12.1 Å². The van der Waals surface area contributed by atoms with Crippen LogP contribution in [0.3, 0.4) is 0 Å². The molecule has 1 aliphatic rings. The number of phenols is 1. The van der Waals surface area contributed by atoms with Crippen LogP contribution in [0.25, 0.3) is 0 Å². The third-order valence-electron chi connectivity index (χ3n) is 3.19. The molecule has 100 valence electrons. The maximum Gasteiger partial charge on any atom is 0.161 e. The zero-order chi connectivity index (χ0) is 13.1. The minimum Gasteiger partial charge on any atom is -0.504 e. The molecule has 1 aromatic rings. The molecule has 1 aromatic carbocycles. The molecular formula is C13H18O5. The van der Waals surface area contributed by atoms with Crippen molar-refractivity contribution < 1.29 is 25.2 Å². The highest BCUT2D eigenvalue weighted by atomic mass is 16.5. The van der Waals surface area contributed by atoms with E-state index >= 15 is 0 Å².